The monoisotopic (exact) mass is 260 g/mol. The van der Waals surface area contributed by atoms with Crippen molar-refractivity contribution in [2.45, 2.75) is 52.4 Å². The van der Waals surface area contributed by atoms with E-state index in [1.165, 1.54) is 0 Å². The van der Waals surface area contributed by atoms with Gasteiger partial charge in [0.15, 0.2) is 0 Å². The summed E-state index contributed by atoms with van der Waals surface area (Å²) in [5.41, 5.74) is 0.362. The highest BCUT2D eigenvalue weighted by Crippen LogP contribution is 2.24. The molecule has 1 N–H and O–H groups in total. The van der Waals surface area contributed by atoms with Crippen LogP contribution in [0.1, 0.15) is 45.9 Å². The van der Waals surface area contributed by atoms with Crippen LogP contribution in [0.3, 0.4) is 0 Å². The van der Waals surface area contributed by atoms with Crippen LogP contribution in [-0.2, 0) is 11.3 Å². The van der Waals surface area contributed by atoms with Crippen molar-refractivity contribution < 1.29 is 9.84 Å². The molecule has 1 atom stereocenters. The summed E-state index contributed by atoms with van der Waals surface area (Å²) in [6.07, 6.45) is 1.76. The molecule has 0 aromatic carbocycles. The molecule has 1 rings (SSSR count). The van der Waals surface area contributed by atoms with Gasteiger partial charge in [0, 0.05) is 6.54 Å². The van der Waals surface area contributed by atoms with Crippen LogP contribution >= 0.6 is 11.6 Å². The van der Waals surface area contributed by atoms with Gasteiger partial charge in [-0.25, -0.2) is 0 Å². The van der Waals surface area contributed by atoms with Gasteiger partial charge in [-0.05, 0) is 27.2 Å². The van der Waals surface area contributed by atoms with Gasteiger partial charge in [-0.15, -0.1) is 0 Å². The van der Waals surface area contributed by atoms with E-state index in [1.54, 1.807) is 10.9 Å². The van der Waals surface area contributed by atoms with E-state index in [-0.39, 0.29) is 12.2 Å². The molecule has 4 nitrogen and oxygen atoms in total. The van der Waals surface area contributed by atoms with Crippen molar-refractivity contribution in [1.29, 1.82) is 0 Å². The fraction of sp³-hybridized carbons (Fsp3) is 0.750. The molecule has 0 saturated carbocycles. The third kappa shape index (κ3) is 4.30. The SMILES string of the molecule is CCCn1ncc(Cl)c1C(O)COC(C)(C)C. The van der Waals surface area contributed by atoms with Gasteiger partial charge in [0.1, 0.15) is 6.10 Å². The Labute approximate surface area is 108 Å². The summed E-state index contributed by atoms with van der Waals surface area (Å²) in [5, 5.41) is 14.7. The molecule has 0 aliphatic heterocycles. The molecule has 1 aromatic heterocycles. The van der Waals surface area contributed by atoms with Crippen molar-refractivity contribution in [2.75, 3.05) is 6.61 Å². The maximum absolute atomic E-state index is 10.1. The van der Waals surface area contributed by atoms with E-state index in [0.717, 1.165) is 13.0 Å². The normalized spacial score (nSPS) is 14.0. The second kappa shape index (κ2) is 5.85. The van der Waals surface area contributed by atoms with Gasteiger partial charge in [0.25, 0.3) is 0 Å². The summed E-state index contributed by atoms with van der Waals surface area (Å²) in [6, 6.07) is 0. The lowest BCUT2D eigenvalue weighted by atomic mass is 10.2. The maximum atomic E-state index is 10.1. The van der Waals surface area contributed by atoms with Crippen molar-refractivity contribution in [3.63, 3.8) is 0 Å². The number of nitrogens with zero attached hydrogens (tertiary/aromatic N) is 2. The van der Waals surface area contributed by atoms with Crippen LogP contribution in [0.4, 0.5) is 0 Å². The Morgan fingerprint density at radius 1 is 1.53 bits per heavy atom. The van der Waals surface area contributed by atoms with E-state index >= 15 is 0 Å². The first kappa shape index (κ1) is 14.5. The van der Waals surface area contributed by atoms with Gasteiger partial charge in [-0.2, -0.15) is 5.10 Å². The maximum Gasteiger partial charge on any atom is 0.120 e. The molecule has 0 bridgehead atoms. The number of rotatable bonds is 5. The molecule has 1 aromatic rings. The molecular formula is C12H21ClN2O2. The molecule has 1 unspecified atom stereocenters. The van der Waals surface area contributed by atoms with Gasteiger partial charge in [-0.3, -0.25) is 4.68 Å². The van der Waals surface area contributed by atoms with Gasteiger partial charge >= 0.3 is 0 Å². The fourth-order valence-electron chi connectivity index (χ4n) is 1.50. The number of halogens is 1. The first-order valence-corrected chi connectivity index (χ1v) is 6.26. The van der Waals surface area contributed by atoms with E-state index in [4.69, 9.17) is 16.3 Å². The van der Waals surface area contributed by atoms with Gasteiger partial charge < -0.3 is 9.84 Å². The van der Waals surface area contributed by atoms with Crippen LogP contribution in [-0.4, -0.2) is 27.1 Å². The molecule has 0 fully saturated rings. The Morgan fingerprint density at radius 2 is 2.18 bits per heavy atom. The van der Waals surface area contributed by atoms with Crippen LogP contribution < -0.4 is 0 Å². The predicted molar refractivity (Wildman–Crippen MR) is 68.2 cm³/mol. The first-order valence-electron chi connectivity index (χ1n) is 5.88. The largest absolute Gasteiger partial charge is 0.384 e. The van der Waals surface area contributed by atoms with Crippen LogP contribution in [0.5, 0.6) is 0 Å². The first-order chi connectivity index (χ1) is 7.85. The van der Waals surface area contributed by atoms with E-state index in [9.17, 15) is 5.11 Å². The van der Waals surface area contributed by atoms with Crippen molar-refractivity contribution >= 4 is 11.6 Å². The van der Waals surface area contributed by atoms with Crippen molar-refractivity contribution in [1.82, 2.24) is 9.78 Å². The zero-order valence-corrected chi connectivity index (χ0v) is 11.7. The quantitative estimate of drug-likeness (QED) is 0.886. The number of aromatic nitrogens is 2. The molecule has 0 amide bonds. The zero-order valence-electron chi connectivity index (χ0n) is 10.9. The average molecular weight is 261 g/mol. The molecule has 5 heteroatoms. The zero-order chi connectivity index (χ0) is 13.1. The molecule has 0 aliphatic rings. The minimum Gasteiger partial charge on any atom is -0.384 e. The third-order valence-corrected chi connectivity index (χ3v) is 2.55. The highest BCUT2D eigenvalue weighted by molar-refractivity contribution is 6.31. The lowest BCUT2D eigenvalue weighted by molar-refractivity contribution is -0.0517. The van der Waals surface area contributed by atoms with Crippen molar-refractivity contribution in [3.05, 3.63) is 16.9 Å². The summed E-state index contributed by atoms with van der Waals surface area (Å²) in [4.78, 5) is 0. The van der Waals surface area contributed by atoms with Gasteiger partial charge in [0.2, 0.25) is 0 Å². The number of aliphatic hydroxyl groups is 1. The Hall–Kier alpha value is -0.580. The van der Waals surface area contributed by atoms with Crippen LogP contribution in [0.15, 0.2) is 6.20 Å². The summed E-state index contributed by atoms with van der Waals surface area (Å²) in [6.45, 7) is 8.87. The van der Waals surface area contributed by atoms with Crippen molar-refractivity contribution in [3.8, 4) is 0 Å². The molecule has 17 heavy (non-hydrogen) atoms. The number of aliphatic hydroxyl groups excluding tert-OH is 1. The van der Waals surface area contributed by atoms with Crippen LogP contribution in [0.2, 0.25) is 5.02 Å². The number of ether oxygens (including phenoxy) is 1. The van der Waals surface area contributed by atoms with E-state index < -0.39 is 6.10 Å². The summed E-state index contributed by atoms with van der Waals surface area (Å²) < 4.78 is 7.29. The average Bonchev–Trinajstić information content (AvgIpc) is 2.56. The number of aryl methyl sites for hydroxylation is 1. The van der Waals surface area contributed by atoms with E-state index in [1.807, 2.05) is 20.8 Å². The lowest BCUT2D eigenvalue weighted by Gasteiger charge is -2.22. The molecule has 0 saturated heterocycles. The highest BCUT2D eigenvalue weighted by Gasteiger charge is 2.20. The Bertz CT molecular complexity index is 358. The Kier molecular flexibility index (Phi) is 4.98. The van der Waals surface area contributed by atoms with Crippen LogP contribution in [0.25, 0.3) is 0 Å². The molecule has 0 aliphatic carbocycles. The van der Waals surface area contributed by atoms with E-state index in [0.29, 0.717) is 10.7 Å². The summed E-state index contributed by atoms with van der Waals surface area (Å²) in [5.74, 6) is 0. The smallest absolute Gasteiger partial charge is 0.120 e. The second-order valence-electron chi connectivity index (χ2n) is 5.04. The molecular weight excluding hydrogens is 240 g/mol. The second-order valence-corrected chi connectivity index (χ2v) is 5.45. The number of hydrogen-bond acceptors (Lipinski definition) is 3. The third-order valence-electron chi connectivity index (χ3n) is 2.26. The highest BCUT2D eigenvalue weighted by atomic mass is 35.5. The molecule has 98 valence electrons. The number of hydrogen-bond donors (Lipinski definition) is 1. The molecule has 0 radical (unpaired) electrons. The van der Waals surface area contributed by atoms with Gasteiger partial charge in [0.05, 0.1) is 29.1 Å². The van der Waals surface area contributed by atoms with Gasteiger partial charge in [-0.1, -0.05) is 18.5 Å². The minimum absolute atomic E-state index is 0.221. The van der Waals surface area contributed by atoms with Crippen LogP contribution in [0, 0.1) is 0 Å². The van der Waals surface area contributed by atoms with Crippen molar-refractivity contribution in [2.24, 2.45) is 0 Å². The molecule has 1 heterocycles. The Morgan fingerprint density at radius 3 is 2.71 bits per heavy atom. The summed E-state index contributed by atoms with van der Waals surface area (Å²) >= 11 is 6.03. The predicted octanol–water partition coefficient (Wildman–Crippen LogP) is 2.80. The Balaban J connectivity index is 2.73. The standard InChI is InChI=1S/C12H21ClN2O2/c1-5-6-15-11(9(13)7-14-15)10(16)8-17-12(2,3)4/h7,10,16H,5-6,8H2,1-4H3. The lowest BCUT2D eigenvalue weighted by Crippen LogP contribution is -2.24. The molecule has 0 spiro atoms. The minimum atomic E-state index is -0.740. The topological polar surface area (TPSA) is 47.3 Å². The van der Waals surface area contributed by atoms with E-state index in [2.05, 4.69) is 12.0 Å². The summed E-state index contributed by atoms with van der Waals surface area (Å²) in [7, 11) is 0. The fourth-order valence-corrected chi connectivity index (χ4v) is 1.77.